The molecule has 1 heterocycles. The molecule has 6 rings (SSSR count). The first kappa shape index (κ1) is 34.2. The number of aliphatic hydroxyl groups excluding tert-OH is 3. The molecule has 0 bridgehead atoms. The number of ketones is 2. The summed E-state index contributed by atoms with van der Waals surface area (Å²) in [5.41, 5.74) is 3.95. The quantitative estimate of drug-likeness (QED) is 0.241. The minimum atomic E-state index is -1.87. The summed E-state index contributed by atoms with van der Waals surface area (Å²) >= 11 is 0. The van der Waals surface area contributed by atoms with E-state index in [-0.39, 0.29) is 29.3 Å². The smallest absolute Gasteiger partial charge is 0.235 e. The van der Waals surface area contributed by atoms with Crippen LogP contribution in [-0.2, 0) is 30.3 Å². The number of allylic oxidation sites excluding steroid dienone is 3. The highest BCUT2D eigenvalue weighted by atomic mass is 16.5. The maximum Gasteiger partial charge on any atom is 0.235 e. The number of carbonyl (C=O) groups is 4. The highest BCUT2D eigenvalue weighted by Gasteiger charge is 2.74. The molecule has 48 heavy (non-hydrogen) atoms. The van der Waals surface area contributed by atoms with Gasteiger partial charge in [-0.05, 0) is 60.3 Å². The van der Waals surface area contributed by atoms with Gasteiger partial charge < -0.3 is 31.1 Å². The summed E-state index contributed by atoms with van der Waals surface area (Å²) in [4.78, 5) is 56.5. The van der Waals surface area contributed by atoms with E-state index in [0.29, 0.717) is 31.3 Å². The molecule has 2 saturated carbocycles. The lowest BCUT2D eigenvalue weighted by Gasteiger charge is -2.53. The molecule has 0 radical (unpaired) electrons. The van der Waals surface area contributed by atoms with E-state index in [0.717, 1.165) is 5.56 Å². The molecule has 1 aromatic carbocycles. The Morgan fingerprint density at radius 2 is 1.79 bits per heavy atom. The molecule has 10 heteroatoms. The monoisotopic (exact) mass is 658 g/mol. The van der Waals surface area contributed by atoms with Crippen LogP contribution in [-0.4, -0.2) is 76.3 Å². The third kappa shape index (κ3) is 4.75. The molecule has 1 saturated heterocycles. The maximum absolute atomic E-state index is 14.9. The fourth-order valence-electron chi connectivity index (χ4n) is 9.67. The predicted octanol–water partition coefficient (Wildman–Crippen LogP) is 2.12. The lowest BCUT2D eigenvalue weighted by atomic mass is 9.51. The Morgan fingerprint density at radius 1 is 1.08 bits per heavy atom. The minimum absolute atomic E-state index is 0.0269. The van der Waals surface area contributed by atoms with Crippen molar-refractivity contribution in [3.8, 4) is 0 Å². The molecule has 1 spiro atoms. The highest BCUT2D eigenvalue weighted by Crippen LogP contribution is 2.62. The molecule has 6 N–H and O–H groups in total. The summed E-state index contributed by atoms with van der Waals surface area (Å²) < 4.78 is 5.70. The standard InChI is InChI=1S/C38H46N2O8/c1-19-10-8-14-24-31(43)21(3)20(2)29-25(18-22-12-6-5-7-13-22)40-36(47)37(24,29)27(42)17-16-23-28(26(41)15-9-11-19)33(48-4)30-32(44)34(45)38(23,30)35(39)46/h5-8,12-14,16-17,19-20,24-25,29-34,43-45H,3,9-11,15,18H2,1-2,4H3,(H2,39,46)(H,40,47)/b14-8+,17-16-/t19-,20+,24?,25-,29?,30?,31+,32?,33?,34?,37-,38?/m0/s1. The summed E-state index contributed by atoms with van der Waals surface area (Å²) in [6.07, 6.45) is 3.31. The van der Waals surface area contributed by atoms with Crippen molar-refractivity contribution < 1.29 is 39.2 Å². The maximum atomic E-state index is 14.9. The van der Waals surface area contributed by atoms with Crippen LogP contribution in [0.25, 0.3) is 0 Å². The average Bonchev–Trinajstić information content (AvgIpc) is 3.51. The van der Waals surface area contributed by atoms with Crippen molar-refractivity contribution in [3.05, 3.63) is 83.5 Å². The van der Waals surface area contributed by atoms with Gasteiger partial charge in [-0.3, -0.25) is 19.2 Å². The fraction of sp³-hybridized carbons (Fsp3) is 0.526. The lowest BCUT2D eigenvalue weighted by molar-refractivity contribution is -0.213. The van der Waals surface area contributed by atoms with Gasteiger partial charge in [-0.25, -0.2) is 0 Å². The summed E-state index contributed by atoms with van der Waals surface area (Å²) in [6.45, 7) is 8.15. The van der Waals surface area contributed by atoms with Gasteiger partial charge in [0.05, 0.1) is 24.4 Å². The van der Waals surface area contributed by atoms with Crippen molar-refractivity contribution in [2.75, 3.05) is 7.11 Å². The van der Waals surface area contributed by atoms with E-state index in [2.05, 4.69) is 11.9 Å². The second-order valence-electron chi connectivity index (χ2n) is 14.5. The summed E-state index contributed by atoms with van der Waals surface area (Å²) in [5.74, 6) is -5.27. The van der Waals surface area contributed by atoms with E-state index < -0.39 is 82.6 Å². The number of benzene rings is 1. The first-order valence-corrected chi connectivity index (χ1v) is 16.9. The third-order valence-electron chi connectivity index (χ3n) is 12.1. The second-order valence-corrected chi connectivity index (χ2v) is 14.5. The van der Waals surface area contributed by atoms with Crippen LogP contribution in [0, 0.1) is 40.4 Å². The number of amides is 2. The van der Waals surface area contributed by atoms with Gasteiger partial charge in [-0.15, -0.1) is 0 Å². The fourth-order valence-corrected chi connectivity index (χ4v) is 9.67. The number of carbonyl (C=O) groups excluding carboxylic acids is 4. The highest BCUT2D eigenvalue weighted by molar-refractivity contribution is 6.14. The first-order valence-electron chi connectivity index (χ1n) is 16.9. The van der Waals surface area contributed by atoms with Crippen LogP contribution >= 0.6 is 0 Å². The molecule has 12 atom stereocenters. The predicted molar refractivity (Wildman–Crippen MR) is 177 cm³/mol. The molecule has 10 nitrogen and oxygen atoms in total. The van der Waals surface area contributed by atoms with Gasteiger partial charge in [0.2, 0.25) is 11.8 Å². The summed E-state index contributed by atoms with van der Waals surface area (Å²) in [5, 5.41) is 36.8. The van der Waals surface area contributed by atoms with Crippen molar-refractivity contribution in [1.82, 2.24) is 5.32 Å². The molecule has 3 fully saturated rings. The minimum Gasteiger partial charge on any atom is -0.390 e. The largest absolute Gasteiger partial charge is 0.390 e. The zero-order chi connectivity index (χ0) is 34.7. The number of Topliss-reactive ketones (excluding diaryl/α,β-unsaturated/α-hetero) is 1. The number of hydrogen-bond donors (Lipinski definition) is 5. The molecular weight excluding hydrogens is 612 g/mol. The molecule has 0 aromatic heterocycles. The molecule has 7 unspecified atom stereocenters. The second kappa shape index (κ2) is 12.6. The first-order chi connectivity index (χ1) is 22.8. The molecule has 4 aliphatic carbocycles. The zero-order valence-corrected chi connectivity index (χ0v) is 27.7. The van der Waals surface area contributed by atoms with Crippen molar-refractivity contribution in [3.63, 3.8) is 0 Å². The van der Waals surface area contributed by atoms with E-state index in [1.165, 1.54) is 19.3 Å². The number of rotatable bonds is 4. The van der Waals surface area contributed by atoms with Gasteiger partial charge in [-0.1, -0.05) is 69.0 Å². The molecule has 5 aliphatic rings. The van der Waals surface area contributed by atoms with Crippen molar-refractivity contribution in [2.45, 2.75) is 76.4 Å². The normalized spacial score (nSPS) is 42.7. The Morgan fingerprint density at radius 3 is 2.46 bits per heavy atom. The third-order valence-corrected chi connectivity index (χ3v) is 12.1. The zero-order valence-electron chi connectivity index (χ0n) is 27.7. The SMILES string of the molecule is C=C1[C@@H](C)C2[C@H](Cc3ccccc3)NC(=O)[C@@]23C(=O)/C=C\C2=C(C(=O)CCC[C@@H](C)C/C=C/C3[C@@H]1O)C(OC)C1C(O)C(O)C21C(N)=O. The number of hydrogen-bond acceptors (Lipinski definition) is 8. The molecule has 256 valence electrons. The number of fused-ring (bicyclic) bond motifs is 2. The molecule has 1 aromatic rings. The Kier molecular flexibility index (Phi) is 9.00. The van der Waals surface area contributed by atoms with Gasteiger partial charge in [0, 0.05) is 42.9 Å². The average molecular weight is 659 g/mol. The molecular formula is C38H46N2O8. The van der Waals surface area contributed by atoms with Gasteiger partial charge in [0.1, 0.15) is 10.8 Å². The van der Waals surface area contributed by atoms with E-state index >= 15 is 0 Å². The molecule has 2 amide bonds. The summed E-state index contributed by atoms with van der Waals surface area (Å²) in [6, 6.07) is 9.19. The number of methoxy groups -OCH3 is 1. The van der Waals surface area contributed by atoms with E-state index in [9.17, 15) is 34.5 Å². The number of nitrogens with two attached hydrogens (primary N) is 1. The Labute approximate surface area is 280 Å². The summed E-state index contributed by atoms with van der Waals surface area (Å²) in [7, 11) is 1.36. The van der Waals surface area contributed by atoms with Gasteiger partial charge in [0.15, 0.2) is 11.6 Å². The topological polar surface area (TPSA) is 176 Å². The van der Waals surface area contributed by atoms with Crippen LogP contribution in [0.1, 0.15) is 45.1 Å². The van der Waals surface area contributed by atoms with Crippen molar-refractivity contribution >= 4 is 23.4 Å². The van der Waals surface area contributed by atoms with Crippen molar-refractivity contribution in [2.24, 2.45) is 46.2 Å². The van der Waals surface area contributed by atoms with Crippen LogP contribution in [0.5, 0.6) is 0 Å². The van der Waals surface area contributed by atoms with Crippen LogP contribution in [0.2, 0.25) is 0 Å². The van der Waals surface area contributed by atoms with E-state index in [4.69, 9.17) is 10.5 Å². The van der Waals surface area contributed by atoms with Crippen LogP contribution in [0.3, 0.4) is 0 Å². The Hall–Kier alpha value is -3.70. The number of ether oxygens (including phenoxy) is 1. The van der Waals surface area contributed by atoms with Gasteiger partial charge in [0.25, 0.3) is 0 Å². The van der Waals surface area contributed by atoms with Crippen LogP contribution in [0.15, 0.2) is 77.9 Å². The molecule has 1 aliphatic heterocycles. The van der Waals surface area contributed by atoms with Crippen LogP contribution < -0.4 is 11.1 Å². The Bertz CT molecular complexity index is 1610. The number of nitrogens with one attached hydrogen (secondary N) is 1. The van der Waals surface area contributed by atoms with E-state index in [1.807, 2.05) is 50.3 Å². The Balaban J connectivity index is 1.55. The van der Waals surface area contributed by atoms with Gasteiger partial charge >= 0.3 is 0 Å². The number of primary amides is 1. The van der Waals surface area contributed by atoms with Gasteiger partial charge in [-0.2, -0.15) is 0 Å². The number of aliphatic hydroxyl groups is 3. The van der Waals surface area contributed by atoms with Crippen LogP contribution in [0.4, 0.5) is 0 Å². The lowest BCUT2D eigenvalue weighted by Crippen LogP contribution is -2.70. The van der Waals surface area contributed by atoms with Crippen molar-refractivity contribution in [1.29, 1.82) is 0 Å². The van der Waals surface area contributed by atoms with E-state index in [1.54, 1.807) is 6.08 Å².